The van der Waals surface area contributed by atoms with Crippen molar-refractivity contribution in [2.45, 2.75) is 135 Å². The first-order valence-corrected chi connectivity index (χ1v) is 14.8. The van der Waals surface area contributed by atoms with Crippen molar-refractivity contribution in [1.29, 1.82) is 0 Å². The van der Waals surface area contributed by atoms with Crippen LogP contribution < -0.4 is 0 Å². The monoisotopic (exact) mass is 476 g/mol. The van der Waals surface area contributed by atoms with E-state index < -0.39 is 0 Å². The molecule has 2 aliphatic carbocycles. The van der Waals surface area contributed by atoms with Crippen LogP contribution in [0.1, 0.15) is 149 Å². The zero-order valence-electron chi connectivity index (χ0n) is 22.4. The quantitative estimate of drug-likeness (QED) is 0.358. The van der Waals surface area contributed by atoms with Gasteiger partial charge in [0, 0.05) is 6.42 Å². The fourth-order valence-electron chi connectivity index (χ4n) is 6.51. The molecule has 0 amide bonds. The number of phenols is 2. The van der Waals surface area contributed by atoms with Gasteiger partial charge in [-0.05, 0) is 96.6 Å². The van der Waals surface area contributed by atoms with Crippen LogP contribution in [-0.4, -0.2) is 10.2 Å². The topological polar surface area (TPSA) is 40.5 Å². The average Bonchev–Trinajstić information content (AvgIpc) is 2.90. The number of hydrogen-bond donors (Lipinski definition) is 2. The molecular formula is C33H48O2. The van der Waals surface area contributed by atoms with Crippen LogP contribution in [0.4, 0.5) is 0 Å². The minimum atomic E-state index is 0.468. The summed E-state index contributed by atoms with van der Waals surface area (Å²) in [5.74, 6) is 2.17. The highest BCUT2D eigenvalue weighted by Gasteiger charge is 2.22. The smallest absolute Gasteiger partial charge is 0.122 e. The number of unbranched alkanes of at least 4 members (excludes halogenated alkanes) is 2. The van der Waals surface area contributed by atoms with Crippen LogP contribution in [0.3, 0.4) is 0 Å². The molecule has 4 rings (SSSR count). The summed E-state index contributed by atoms with van der Waals surface area (Å²) in [5.41, 5.74) is 7.07. The van der Waals surface area contributed by atoms with Gasteiger partial charge < -0.3 is 10.2 Å². The zero-order chi connectivity index (χ0) is 24.6. The molecule has 0 radical (unpaired) electrons. The Labute approximate surface area is 214 Å². The van der Waals surface area contributed by atoms with E-state index in [9.17, 15) is 10.2 Å². The van der Waals surface area contributed by atoms with Crippen LogP contribution in [0.25, 0.3) is 0 Å². The number of hydrogen-bond acceptors (Lipinski definition) is 2. The molecule has 0 aliphatic heterocycles. The maximum absolute atomic E-state index is 11.3. The molecule has 0 heterocycles. The third kappa shape index (κ3) is 6.63. The first-order valence-electron chi connectivity index (χ1n) is 14.8. The Morgan fingerprint density at radius 2 is 0.943 bits per heavy atom. The third-order valence-corrected chi connectivity index (χ3v) is 8.71. The standard InChI is InChI=1S/C33H48O2/c1-3-5-13-26-19-28(24-15-9-7-10-16-24)21-30(32(26)34)23-31-22-29(25-17-11-8-12-18-25)20-27(33(31)35)14-6-4-2/h19-22,24-25,34-35H,3-18,23H2,1-2H3. The van der Waals surface area contributed by atoms with E-state index in [1.54, 1.807) is 0 Å². The molecule has 0 aromatic heterocycles. The van der Waals surface area contributed by atoms with Gasteiger partial charge in [0.15, 0.2) is 0 Å². The van der Waals surface area contributed by atoms with Gasteiger partial charge >= 0.3 is 0 Å². The number of aryl methyl sites for hydroxylation is 2. The lowest BCUT2D eigenvalue weighted by Crippen LogP contribution is -2.08. The first-order chi connectivity index (χ1) is 17.1. The van der Waals surface area contributed by atoms with E-state index >= 15 is 0 Å². The predicted octanol–water partition coefficient (Wildman–Crippen LogP) is 9.47. The summed E-state index contributed by atoms with van der Waals surface area (Å²) >= 11 is 0. The molecule has 0 atom stereocenters. The summed E-state index contributed by atoms with van der Waals surface area (Å²) in [7, 11) is 0. The van der Waals surface area contributed by atoms with E-state index in [2.05, 4.69) is 38.1 Å². The second-order valence-electron chi connectivity index (χ2n) is 11.4. The molecule has 2 heteroatoms. The summed E-state index contributed by atoms with van der Waals surface area (Å²) in [6, 6.07) is 9.16. The van der Waals surface area contributed by atoms with Gasteiger partial charge in [-0.2, -0.15) is 0 Å². The maximum atomic E-state index is 11.3. The number of benzene rings is 2. The van der Waals surface area contributed by atoms with E-state index in [4.69, 9.17) is 0 Å². The molecule has 2 aliphatic rings. The Balaban J connectivity index is 1.71. The van der Waals surface area contributed by atoms with Crippen LogP contribution in [0, 0.1) is 0 Å². The molecule has 0 saturated heterocycles. The van der Waals surface area contributed by atoms with Crippen molar-refractivity contribution in [3.63, 3.8) is 0 Å². The van der Waals surface area contributed by atoms with Crippen molar-refractivity contribution in [3.05, 3.63) is 57.6 Å². The molecule has 0 spiro atoms. The second-order valence-corrected chi connectivity index (χ2v) is 11.4. The summed E-state index contributed by atoms with van der Waals surface area (Å²) in [6.45, 7) is 4.44. The zero-order valence-corrected chi connectivity index (χ0v) is 22.4. The van der Waals surface area contributed by atoms with Crippen molar-refractivity contribution in [1.82, 2.24) is 0 Å². The largest absolute Gasteiger partial charge is 0.507 e. The van der Waals surface area contributed by atoms with Gasteiger partial charge in [0.05, 0.1) is 0 Å². The summed E-state index contributed by atoms with van der Waals surface area (Å²) in [5, 5.41) is 22.7. The van der Waals surface area contributed by atoms with Gasteiger partial charge in [-0.1, -0.05) is 89.5 Å². The van der Waals surface area contributed by atoms with Gasteiger partial charge in [-0.3, -0.25) is 0 Å². The fraction of sp³-hybridized carbons (Fsp3) is 0.636. The van der Waals surface area contributed by atoms with Crippen LogP contribution in [0.2, 0.25) is 0 Å². The van der Waals surface area contributed by atoms with Gasteiger partial charge in [-0.25, -0.2) is 0 Å². The van der Waals surface area contributed by atoms with E-state index in [0.29, 0.717) is 29.8 Å². The molecule has 0 bridgehead atoms. The van der Waals surface area contributed by atoms with Crippen LogP contribution in [0.15, 0.2) is 24.3 Å². The van der Waals surface area contributed by atoms with Gasteiger partial charge in [-0.15, -0.1) is 0 Å². The van der Waals surface area contributed by atoms with Crippen molar-refractivity contribution >= 4 is 0 Å². The van der Waals surface area contributed by atoms with Crippen molar-refractivity contribution in [2.24, 2.45) is 0 Å². The molecule has 2 aromatic carbocycles. The molecule has 2 N–H and O–H groups in total. The molecule has 2 nitrogen and oxygen atoms in total. The van der Waals surface area contributed by atoms with E-state index in [1.165, 1.54) is 75.3 Å². The number of phenolic OH excluding ortho intramolecular Hbond substituents is 2. The number of rotatable bonds is 10. The summed E-state index contributed by atoms with van der Waals surface area (Å²) in [6.07, 6.45) is 20.0. The SMILES string of the molecule is CCCCc1cc(C2CCCCC2)cc(Cc2cc(C3CCCCC3)cc(CCCC)c2O)c1O. The van der Waals surface area contributed by atoms with E-state index in [0.717, 1.165) is 60.8 Å². The van der Waals surface area contributed by atoms with Crippen molar-refractivity contribution in [3.8, 4) is 11.5 Å². The normalized spacial score (nSPS) is 17.7. The van der Waals surface area contributed by atoms with Gasteiger partial charge in [0.2, 0.25) is 0 Å². The Hall–Kier alpha value is -1.96. The third-order valence-electron chi connectivity index (χ3n) is 8.71. The fourth-order valence-corrected chi connectivity index (χ4v) is 6.51. The summed E-state index contributed by atoms with van der Waals surface area (Å²) in [4.78, 5) is 0. The molecule has 2 aromatic rings. The van der Waals surface area contributed by atoms with E-state index in [1.807, 2.05) is 0 Å². The van der Waals surface area contributed by atoms with Crippen molar-refractivity contribution in [2.75, 3.05) is 0 Å². The van der Waals surface area contributed by atoms with Gasteiger partial charge in [0.1, 0.15) is 11.5 Å². The Bertz CT molecular complexity index is 871. The molecule has 2 saturated carbocycles. The predicted molar refractivity (Wildman–Crippen MR) is 148 cm³/mol. The highest BCUT2D eigenvalue weighted by Crippen LogP contribution is 2.40. The average molecular weight is 477 g/mol. The number of aromatic hydroxyl groups is 2. The highest BCUT2D eigenvalue weighted by atomic mass is 16.3. The minimum Gasteiger partial charge on any atom is -0.507 e. The Morgan fingerprint density at radius 3 is 1.31 bits per heavy atom. The molecular weight excluding hydrogens is 428 g/mol. The molecule has 0 unspecified atom stereocenters. The molecule has 192 valence electrons. The lowest BCUT2D eigenvalue weighted by molar-refractivity contribution is 0.436. The minimum absolute atomic E-state index is 0.468. The lowest BCUT2D eigenvalue weighted by Gasteiger charge is -2.25. The Morgan fingerprint density at radius 1 is 0.571 bits per heavy atom. The van der Waals surface area contributed by atoms with Crippen LogP contribution >= 0.6 is 0 Å². The summed E-state index contributed by atoms with van der Waals surface area (Å²) < 4.78 is 0. The Kier molecular flexibility index (Phi) is 9.58. The van der Waals surface area contributed by atoms with Crippen molar-refractivity contribution < 1.29 is 10.2 Å². The van der Waals surface area contributed by atoms with Gasteiger partial charge in [0.25, 0.3) is 0 Å². The van der Waals surface area contributed by atoms with Crippen LogP contribution in [0.5, 0.6) is 11.5 Å². The first kappa shape index (κ1) is 26.1. The van der Waals surface area contributed by atoms with Crippen LogP contribution in [-0.2, 0) is 19.3 Å². The van der Waals surface area contributed by atoms with E-state index in [-0.39, 0.29) is 0 Å². The molecule has 35 heavy (non-hydrogen) atoms. The second kappa shape index (κ2) is 12.8. The highest BCUT2D eigenvalue weighted by molar-refractivity contribution is 5.52. The maximum Gasteiger partial charge on any atom is 0.122 e. The molecule has 2 fully saturated rings. The lowest BCUT2D eigenvalue weighted by atomic mass is 9.80.